The molecular weight excluding hydrogens is 164 g/mol. The standard InChI is InChI=1S/C10H20N2O/c1-3-5-7-12-9-6-8-11(4-2)10(12)13/h3-9H2,1-2H3. The van der Waals surface area contributed by atoms with Crippen LogP contribution in [0.5, 0.6) is 0 Å². The van der Waals surface area contributed by atoms with Gasteiger partial charge in [-0.15, -0.1) is 0 Å². The smallest absolute Gasteiger partial charge is 0.319 e. The Hall–Kier alpha value is -0.730. The maximum absolute atomic E-state index is 11.7. The third kappa shape index (κ3) is 2.61. The predicted octanol–water partition coefficient (Wildman–Crippen LogP) is 1.93. The molecule has 0 aromatic carbocycles. The number of rotatable bonds is 4. The number of carbonyl (C=O) groups is 1. The SMILES string of the molecule is CCCCN1CCCN(CC)C1=O. The van der Waals surface area contributed by atoms with E-state index in [1.165, 1.54) is 0 Å². The number of hydrogen-bond donors (Lipinski definition) is 0. The Morgan fingerprint density at radius 1 is 1.23 bits per heavy atom. The van der Waals surface area contributed by atoms with Crippen molar-refractivity contribution in [2.24, 2.45) is 0 Å². The van der Waals surface area contributed by atoms with Crippen molar-refractivity contribution in [3.05, 3.63) is 0 Å². The van der Waals surface area contributed by atoms with Crippen LogP contribution >= 0.6 is 0 Å². The van der Waals surface area contributed by atoms with Gasteiger partial charge in [0.05, 0.1) is 0 Å². The molecule has 0 spiro atoms. The monoisotopic (exact) mass is 184 g/mol. The van der Waals surface area contributed by atoms with E-state index in [0.717, 1.165) is 45.4 Å². The zero-order valence-corrected chi connectivity index (χ0v) is 8.75. The topological polar surface area (TPSA) is 23.6 Å². The van der Waals surface area contributed by atoms with Crippen LogP contribution in [0.4, 0.5) is 4.79 Å². The summed E-state index contributed by atoms with van der Waals surface area (Å²) < 4.78 is 0. The lowest BCUT2D eigenvalue weighted by Gasteiger charge is -2.35. The van der Waals surface area contributed by atoms with E-state index in [9.17, 15) is 4.79 Å². The highest BCUT2D eigenvalue weighted by Crippen LogP contribution is 2.09. The average molecular weight is 184 g/mol. The number of carbonyl (C=O) groups excluding carboxylic acids is 1. The van der Waals surface area contributed by atoms with Crippen molar-refractivity contribution >= 4 is 6.03 Å². The van der Waals surface area contributed by atoms with Gasteiger partial charge in [-0.25, -0.2) is 4.79 Å². The van der Waals surface area contributed by atoms with Gasteiger partial charge >= 0.3 is 6.03 Å². The van der Waals surface area contributed by atoms with Crippen LogP contribution < -0.4 is 0 Å². The molecule has 76 valence electrons. The Labute approximate surface area is 80.7 Å². The summed E-state index contributed by atoms with van der Waals surface area (Å²) in [6.45, 7) is 7.88. The first-order valence-electron chi connectivity index (χ1n) is 5.33. The summed E-state index contributed by atoms with van der Waals surface area (Å²) in [6.07, 6.45) is 3.42. The molecule has 1 aliphatic rings. The van der Waals surface area contributed by atoms with Crippen molar-refractivity contribution in [1.82, 2.24) is 9.80 Å². The highest BCUT2D eigenvalue weighted by Gasteiger charge is 2.23. The Morgan fingerprint density at radius 2 is 1.92 bits per heavy atom. The zero-order valence-electron chi connectivity index (χ0n) is 8.75. The van der Waals surface area contributed by atoms with Crippen LogP contribution in [0.2, 0.25) is 0 Å². The minimum Gasteiger partial charge on any atom is -0.325 e. The molecular formula is C10H20N2O. The van der Waals surface area contributed by atoms with E-state index in [1.54, 1.807) is 0 Å². The van der Waals surface area contributed by atoms with Gasteiger partial charge in [-0.05, 0) is 19.8 Å². The molecule has 0 unspecified atom stereocenters. The van der Waals surface area contributed by atoms with Crippen molar-refractivity contribution in [2.45, 2.75) is 33.1 Å². The summed E-state index contributed by atoms with van der Waals surface area (Å²) in [6, 6.07) is 0.238. The molecule has 0 aliphatic carbocycles. The summed E-state index contributed by atoms with van der Waals surface area (Å²) in [4.78, 5) is 15.6. The van der Waals surface area contributed by atoms with Crippen molar-refractivity contribution in [2.75, 3.05) is 26.2 Å². The first-order chi connectivity index (χ1) is 6.29. The van der Waals surface area contributed by atoms with E-state index in [4.69, 9.17) is 0 Å². The molecule has 0 atom stereocenters. The van der Waals surface area contributed by atoms with E-state index in [1.807, 2.05) is 16.7 Å². The minimum atomic E-state index is 0.238. The zero-order chi connectivity index (χ0) is 9.68. The maximum Gasteiger partial charge on any atom is 0.319 e. The fourth-order valence-electron chi connectivity index (χ4n) is 1.69. The first-order valence-corrected chi connectivity index (χ1v) is 5.33. The Balaban J connectivity index is 2.40. The fraction of sp³-hybridized carbons (Fsp3) is 0.900. The van der Waals surface area contributed by atoms with Crippen LogP contribution in [0.1, 0.15) is 33.1 Å². The fourth-order valence-corrected chi connectivity index (χ4v) is 1.69. The average Bonchev–Trinajstić information content (AvgIpc) is 2.16. The van der Waals surface area contributed by atoms with Gasteiger partial charge in [0.25, 0.3) is 0 Å². The van der Waals surface area contributed by atoms with E-state index < -0.39 is 0 Å². The van der Waals surface area contributed by atoms with Crippen molar-refractivity contribution in [3.8, 4) is 0 Å². The third-order valence-electron chi connectivity index (χ3n) is 2.56. The Morgan fingerprint density at radius 3 is 2.54 bits per heavy atom. The number of unbranched alkanes of at least 4 members (excludes halogenated alkanes) is 1. The van der Waals surface area contributed by atoms with E-state index in [2.05, 4.69) is 6.92 Å². The van der Waals surface area contributed by atoms with Crippen LogP contribution in [-0.4, -0.2) is 42.0 Å². The van der Waals surface area contributed by atoms with Crippen molar-refractivity contribution in [1.29, 1.82) is 0 Å². The van der Waals surface area contributed by atoms with Gasteiger partial charge in [0.15, 0.2) is 0 Å². The van der Waals surface area contributed by atoms with Gasteiger partial charge in [-0.3, -0.25) is 0 Å². The summed E-state index contributed by atoms with van der Waals surface area (Å²) >= 11 is 0. The predicted molar refractivity (Wildman–Crippen MR) is 53.7 cm³/mol. The quantitative estimate of drug-likeness (QED) is 0.655. The molecule has 2 amide bonds. The minimum absolute atomic E-state index is 0.238. The number of nitrogens with zero attached hydrogens (tertiary/aromatic N) is 2. The summed E-state index contributed by atoms with van der Waals surface area (Å²) in [5, 5.41) is 0. The second kappa shape index (κ2) is 5.10. The largest absolute Gasteiger partial charge is 0.325 e. The van der Waals surface area contributed by atoms with Crippen LogP contribution in [-0.2, 0) is 0 Å². The second-order valence-corrected chi connectivity index (χ2v) is 3.56. The molecule has 1 heterocycles. The molecule has 1 rings (SSSR count). The van der Waals surface area contributed by atoms with Gasteiger partial charge in [-0.2, -0.15) is 0 Å². The molecule has 1 aliphatic heterocycles. The summed E-state index contributed by atoms with van der Waals surface area (Å²) in [5.41, 5.74) is 0. The van der Waals surface area contributed by atoms with Gasteiger partial charge in [0.1, 0.15) is 0 Å². The molecule has 1 fully saturated rings. The molecule has 3 nitrogen and oxygen atoms in total. The molecule has 0 aromatic rings. The molecule has 0 aromatic heterocycles. The van der Waals surface area contributed by atoms with Crippen LogP contribution in [0, 0.1) is 0 Å². The lowest BCUT2D eigenvalue weighted by molar-refractivity contribution is 0.131. The highest BCUT2D eigenvalue weighted by molar-refractivity contribution is 5.75. The van der Waals surface area contributed by atoms with E-state index in [-0.39, 0.29) is 6.03 Å². The second-order valence-electron chi connectivity index (χ2n) is 3.56. The highest BCUT2D eigenvalue weighted by atomic mass is 16.2. The lowest BCUT2D eigenvalue weighted by Crippen LogP contribution is -2.49. The van der Waals surface area contributed by atoms with Crippen molar-refractivity contribution in [3.63, 3.8) is 0 Å². The van der Waals surface area contributed by atoms with Crippen LogP contribution in [0.15, 0.2) is 0 Å². The van der Waals surface area contributed by atoms with E-state index >= 15 is 0 Å². The van der Waals surface area contributed by atoms with Crippen LogP contribution in [0.25, 0.3) is 0 Å². The van der Waals surface area contributed by atoms with Gasteiger partial charge in [-0.1, -0.05) is 13.3 Å². The van der Waals surface area contributed by atoms with Crippen molar-refractivity contribution < 1.29 is 4.79 Å². The molecule has 1 saturated heterocycles. The van der Waals surface area contributed by atoms with Gasteiger partial charge in [0.2, 0.25) is 0 Å². The maximum atomic E-state index is 11.7. The summed E-state index contributed by atoms with van der Waals surface area (Å²) in [7, 11) is 0. The van der Waals surface area contributed by atoms with Crippen LogP contribution in [0.3, 0.4) is 0 Å². The molecule has 3 heteroatoms. The molecule has 0 saturated carbocycles. The third-order valence-corrected chi connectivity index (χ3v) is 2.56. The Kier molecular flexibility index (Phi) is 4.06. The molecule has 13 heavy (non-hydrogen) atoms. The van der Waals surface area contributed by atoms with Gasteiger partial charge < -0.3 is 9.80 Å². The molecule has 0 bridgehead atoms. The Bertz CT molecular complexity index is 170. The van der Waals surface area contributed by atoms with Gasteiger partial charge in [0, 0.05) is 26.2 Å². The lowest BCUT2D eigenvalue weighted by atomic mass is 10.2. The molecule has 0 N–H and O–H groups in total. The number of hydrogen-bond acceptors (Lipinski definition) is 1. The number of amides is 2. The van der Waals surface area contributed by atoms with E-state index in [0.29, 0.717) is 0 Å². The summed E-state index contributed by atoms with van der Waals surface area (Å²) in [5.74, 6) is 0. The number of urea groups is 1. The molecule has 0 radical (unpaired) electrons. The first kappa shape index (κ1) is 10.4. The normalized spacial score (nSPS) is 18.2.